The van der Waals surface area contributed by atoms with Crippen molar-refractivity contribution in [2.24, 2.45) is 5.73 Å². The molecule has 0 spiro atoms. The summed E-state index contributed by atoms with van der Waals surface area (Å²) in [6.07, 6.45) is 5.03. The molecule has 0 saturated heterocycles. The highest BCUT2D eigenvalue weighted by atomic mass is 127. The Bertz CT molecular complexity index is 539. The van der Waals surface area contributed by atoms with Crippen LogP contribution in [-0.2, 0) is 6.42 Å². The van der Waals surface area contributed by atoms with Gasteiger partial charge in [-0.25, -0.2) is 9.07 Å². The van der Waals surface area contributed by atoms with Crippen LogP contribution >= 0.6 is 22.6 Å². The molecule has 2 rings (SSSR count). The number of nitrogens with zero attached hydrogens (tertiary/aromatic N) is 2. The quantitative estimate of drug-likeness (QED) is 0.854. The second kappa shape index (κ2) is 5.79. The molecule has 18 heavy (non-hydrogen) atoms. The minimum absolute atomic E-state index is 0.0418. The van der Waals surface area contributed by atoms with E-state index in [1.165, 1.54) is 6.07 Å². The fourth-order valence-electron chi connectivity index (χ4n) is 1.83. The Balaban J connectivity index is 2.44. The second-order valence-electron chi connectivity index (χ2n) is 4.22. The maximum absolute atomic E-state index is 14.0. The van der Waals surface area contributed by atoms with Crippen LogP contribution in [-0.4, -0.2) is 15.8 Å². The van der Waals surface area contributed by atoms with Crippen LogP contribution in [0.3, 0.4) is 0 Å². The summed E-state index contributed by atoms with van der Waals surface area (Å²) in [5, 5.41) is 4.17. The predicted molar refractivity (Wildman–Crippen MR) is 78.2 cm³/mol. The molecule has 0 fully saturated rings. The Labute approximate surface area is 119 Å². The van der Waals surface area contributed by atoms with Crippen LogP contribution in [0.4, 0.5) is 4.39 Å². The van der Waals surface area contributed by atoms with Crippen LogP contribution in [0.15, 0.2) is 30.6 Å². The lowest BCUT2D eigenvalue weighted by atomic mass is 10.0. The molecular weight excluding hydrogens is 344 g/mol. The molecule has 1 aromatic carbocycles. The van der Waals surface area contributed by atoms with Crippen molar-refractivity contribution in [2.45, 2.75) is 25.8 Å². The molecule has 1 heterocycles. The van der Waals surface area contributed by atoms with Gasteiger partial charge >= 0.3 is 0 Å². The first-order chi connectivity index (χ1) is 8.61. The molecule has 2 N–H and O–H groups in total. The van der Waals surface area contributed by atoms with E-state index in [2.05, 4.69) is 27.7 Å². The summed E-state index contributed by atoms with van der Waals surface area (Å²) in [5.74, 6) is -0.268. The van der Waals surface area contributed by atoms with Gasteiger partial charge in [0, 0.05) is 12.2 Å². The molecule has 0 radical (unpaired) electrons. The maximum Gasteiger partial charge on any atom is 0.149 e. The van der Waals surface area contributed by atoms with Gasteiger partial charge in [0.2, 0.25) is 0 Å². The molecule has 0 bridgehead atoms. The minimum Gasteiger partial charge on any atom is -0.327 e. The van der Waals surface area contributed by atoms with E-state index in [1.807, 2.05) is 13.0 Å². The normalized spacial score (nSPS) is 12.7. The van der Waals surface area contributed by atoms with E-state index in [1.54, 1.807) is 23.1 Å². The number of nitrogens with two attached hydrogens (primary N) is 1. The van der Waals surface area contributed by atoms with E-state index in [0.717, 1.165) is 15.6 Å². The van der Waals surface area contributed by atoms with Crippen molar-refractivity contribution in [1.29, 1.82) is 0 Å². The van der Waals surface area contributed by atoms with Gasteiger partial charge in [0.15, 0.2) is 0 Å². The van der Waals surface area contributed by atoms with Crippen LogP contribution in [0.1, 0.15) is 18.9 Å². The van der Waals surface area contributed by atoms with Gasteiger partial charge in [0.25, 0.3) is 0 Å². The average Bonchev–Trinajstić information content (AvgIpc) is 2.75. The van der Waals surface area contributed by atoms with Crippen molar-refractivity contribution in [3.8, 4) is 5.69 Å². The van der Waals surface area contributed by atoms with Gasteiger partial charge in [-0.15, -0.1) is 0 Å². The Morgan fingerprint density at radius 3 is 2.89 bits per heavy atom. The minimum atomic E-state index is -0.268. The third-order valence-electron chi connectivity index (χ3n) is 2.86. The van der Waals surface area contributed by atoms with Crippen LogP contribution in [0.5, 0.6) is 0 Å². The number of halogens is 2. The van der Waals surface area contributed by atoms with Gasteiger partial charge < -0.3 is 5.73 Å². The standard InChI is InChI=1S/C13H15FIN3/c1-2-11(16)6-9-4-3-5-12(14)13(9)18-8-10(15)7-17-18/h3-5,7-8,11H,2,6,16H2,1H3. The highest BCUT2D eigenvalue weighted by Crippen LogP contribution is 2.20. The smallest absolute Gasteiger partial charge is 0.149 e. The molecule has 1 atom stereocenters. The van der Waals surface area contributed by atoms with E-state index < -0.39 is 0 Å². The third kappa shape index (κ3) is 2.89. The molecule has 1 unspecified atom stereocenters. The van der Waals surface area contributed by atoms with Crippen molar-refractivity contribution in [2.75, 3.05) is 0 Å². The van der Waals surface area contributed by atoms with E-state index in [9.17, 15) is 4.39 Å². The van der Waals surface area contributed by atoms with Gasteiger partial charge in [-0.3, -0.25) is 0 Å². The summed E-state index contributed by atoms with van der Waals surface area (Å²) in [5.41, 5.74) is 7.35. The first-order valence-electron chi connectivity index (χ1n) is 5.85. The number of hydrogen-bond acceptors (Lipinski definition) is 2. The topological polar surface area (TPSA) is 43.8 Å². The van der Waals surface area contributed by atoms with Gasteiger partial charge in [0.1, 0.15) is 11.5 Å². The zero-order valence-electron chi connectivity index (χ0n) is 10.1. The fraction of sp³-hybridized carbons (Fsp3) is 0.308. The van der Waals surface area contributed by atoms with Gasteiger partial charge in [0.05, 0.1) is 9.77 Å². The zero-order chi connectivity index (χ0) is 13.1. The summed E-state index contributed by atoms with van der Waals surface area (Å²) in [4.78, 5) is 0. The number of hydrogen-bond donors (Lipinski definition) is 1. The summed E-state index contributed by atoms with van der Waals surface area (Å²) >= 11 is 2.15. The molecule has 3 nitrogen and oxygen atoms in total. The van der Waals surface area contributed by atoms with Crippen molar-refractivity contribution >= 4 is 22.6 Å². The summed E-state index contributed by atoms with van der Waals surface area (Å²) in [6, 6.07) is 5.11. The maximum atomic E-state index is 14.0. The lowest BCUT2D eigenvalue weighted by Gasteiger charge is -2.14. The third-order valence-corrected chi connectivity index (χ3v) is 3.41. The molecule has 0 amide bonds. The molecular formula is C13H15FIN3. The first kappa shape index (κ1) is 13.5. The molecule has 2 aromatic rings. The molecule has 1 aromatic heterocycles. The largest absolute Gasteiger partial charge is 0.327 e. The van der Waals surface area contributed by atoms with Crippen LogP contribution < -0.4 is 5.73 Å². The summed E-state index contributed by atoms with van der Waals surface area (Å²) in [7, 11) is 0. The number of rotatable bonds is 4. The molecule has 0 aliphatic rings. The average molecular weight is 359 g/mol. The first-order valence-corrected chi connectivity index (χ1v) is 6.93. The van der Waals surface area contributed by atoms with Gasteiger partial charge in [-0.1, -0.05) is 19.1 Å². The van der Waals surface area contributed by atoms with Crippen molar-refractivity contribution in [3.63, 3.8) is 0 Å². The van der Waals surface area contributed by atoms with Crippen LogP contribution in [0.25, 0.3) is 5.69 Å². The molecule has 5 heteroatoms. The molecule has 0 saturated carbocycles. The van der Waals surface area contributed by atoms with E-state index in [-0.39, 0.29) is 11.9 Å². The highest BCUT2D eigenvalue weighted by molar-refractivity contribution is 14.1. The Morgan fingerprint density at radius 1 is 1.50 bits per heavy atom. The Kier molecular flexibility index (Phi) is 4.34. The molecule has 0 aliphatic carbocycles. The molecule has 96 valence electrons. The number of para-hydroxylation sites is 1. The summed E-state index contributed by atoms with van der Waals surface area (Å²) in [6.45, 7) is 2.03. The Hall–Kier alpha value is -0.950. The second-order valence-corrected chi connectivity index (χ2v) is 5.47. The van der Waals surface area contributed by atoms with Crippen molar-refractivity contribution in [3.05, 3.63) is 45.5 Å². The van der Waals surface area contributed by atoms with Crippen molar-refractivity contribution < 1.29 is 4.39 Å². The van der Waals surface area contributed by atoms with Crippen LogP contribution in [0.2, 0.25) is 0 Å². The number of benzene rings is 1. The lowest BCUT2D eigenvalue weighted by Crippen LogP contribution is -2.22. The summed E-state index contributed by atoms with van der Waals surface area (Å²) < 4.78 is 16.5. The zero-order valence-corrected chi connectivity index (χ0v) is 12.3. The van der Waals surface area contributed by atoms with Crippen LogP contribution in [0, 0.1) is 9.39 Å². The van der Waals surface area contributed by atoms with E-state index in [0.29, 0.717) is 12.1 Å². The van der Waals surface area contributed by atoms with Gasteiger partial charge in [-0.2, -0.15) is 5.10 Å². The van der Waals surface area contributed by atoms with Crippen molar-refractivity contribution in [1.82, 2.24) is 9.78 Å². The predicted octanol–water partition coefficient (Wildman–Crippen LogP) is 2.90. The molecule has 0 aliphatic heterocycles. The van der Waals surface area contributed by atoms with Gasteiger partial charge in [-0.05, 0) is 47.1 Å². The van der Waals surface area contributed by atoms with E-state index in [4.69, 9.17) is 5.73 Å². The number of aromatic nitrogens is 2. The monoisotopic (exact) mass is 359 g/mol. The SMILES string of the molecule is CCC(N)Cc1cccc(F)c1-n1cc(I)cn1. The van der Waals surface area contributed by atoms with E-state index >= 15 is 0 Å². The highest BCUT2D eigenvalue weighted by Gasteiger charge is 2.13. The Morgan fingerprint density at radius 2 is 2.28 bits per heavy atom. The fourth-order valence-corrected chi connectivity index (χ4v) is 2.22. The lowest BCUT2D eigenvalue weighted by molar-refractivity contribution is 0.596.